The summed E-state index contributed by atoms with van der Waals surface area (Å²) >= 11 is 0. The van der Waals surface area contributed by atoms with E-state index >= 15 is 0 Å². The summed E-state index contributed by atoms with van der Waals surface area (Å²) in [5.74, 6) is 0.450. The summed E-state index contributed by atoms with van der Waals surface area (Å²) < 4.78 is 56.4. The number of nitrogens with one attached hydrogen (secondary N) is 2. The molecule has 0 saturated carbocycles. The van der Waals surface area contributed by atoms with Crippen LogP contribution < -0.4 is 30.7 Å². The summed E-state index contributed by atoms with van der Waals surface area (Å²) in [5, 5.41) is 14.6. The van der Waals surface area contributed by atoms with Crippen molar-refractivity contribution in [1.29, 1.82) is 0 Å². The number of nitrogens with two attached hydrogens (primary N) is 2. The van der Waals surface area contributed by atoms with E-state index in [4.69, 9.17) is 34.7 Å². The fourth-order valence-electron chi connectivity index (χ4n) is 5.69. The number of para-hydroxylation sites is 2. The van der Waals surface area contributed by atoms with Crippen LogP contribution in [0.4, 0.5) is 11.6 Å². The van der Waals surface area contributed by atoms with Crippen LogP contribution in [-0.4, -0.2) is 98.9 Å². The number of carbonyl (C=O) groups is 2. The van der Waals surface area contributed by atoms with Crippen molar-refractivity contribution in [3.63, 3.8) is 0 Å². The molecule has 364 valence electrons. The second-order valence-corrected chi connectivity index (χ2v) is 19.3. The first-order valence-electron chi connectivity index (χ1n) is 20.8. The zero-order chi connectivity index (χ0) is 48.6. The molecule has 0 aliphatic heterocycles. The number of ether oxygens (including phenoxy) is 3. The Kier molecular flexibility index (Phi) is 22.0. The maximum absolute atomic E-state index is 13.6. The van der Waals surface area contributed by atoms with Gasteiger partial charge in [0.15, 0.2) is 30.4 Å². The van der Waals surface area contributed by atoms with Gasteiger partial charge in [0.1, 0.15) is 53.6 Å². The van der Waals surface area contributed by atoms with Crippen LogP contribution in [0.3, 0.4) is 0 Å². The van der Waals surface area contributed by atoms with Crippen LogP contribution in [0.1, 0.15) is 55.4 Å². The molecule has 4 unspecified atom stereocenters. The van der Waals surface area contributed by atoms with E-state index in [1.807, 2.05) is 19.1 Å². The molecular formula is C42H59N12O10P2W-. The molecule has 0 spiro atoms. The van der Waals surface area contributed by atoms with Crippen LogP contribution in [0, 0.1) is 6.66 Å². The molecule has 6 aromatic rings. The van der Waals surface area contributed by atoms with E-state index in [-0.39, 0.29) is 45.7 Å². The van der Waals surface area contributed by atoms with Gasteiger partial charge in [-0.05, 0) is 79.7 Å². The molecule has 0 amide bonds. The van der Waals surface area contributed by atoms with Gasteiger partial charge in [-0.1, -0.05) is 36.4 Å². The Balaban J connectivity index is 0.000000295. The number of aliphatic hydroxyl groups is 1. The predicted molar refractivity (Wildman–Crippen MR) is 249 cm³/mol. The SMILES string of the molecule is CC(C)OC(=O)C(C)NP(=O)(CO[C@H](C)Cn1cnc2c(N)ncnc21)Oc1ccccc1.C[C@@H](O)Cn1cnc2c(N)ncnc21.[CH2-]P(=O)(NC(C)C(=O)OC(C)C)Oc1ccccc1.[W]. The molecule has 0 saturated heterocycles. The summed E-state index contributed by atoms with van der Waals surface area (Å²) in [6.07, 6.45) is 4.33. The largest absolute Gasteiger partial charge is 0.462 e. The minimum absolute atomic E-state index is 0. The van der Waals surface area contributed by atoms with Crippen molar-refractivity contribution >= 4 is 60.9 Å². The molecule has 0 fully saturated rings. The Hall–Kier alpha value is -5.33. The van der Waals surface area contributed by atoms with Gasteiger partial charge in [0.2, 0.25) is 0 Å². The third-order valence-corrected chi connectivity index (χ3v) is 11.5. The second kappa shape index (κ2) is 26.3. The summed E-state index contributed by atoms with van der Waals surface area (Å²) in [6, 6.07) is 15.7. The molecule has 0 radical (unpaired) electrons. The summed E-state index contributed by atoms with van der Waals surface area (Å²) in [5.41, 5.74) is 13.7. The van der Waals surface area contributed by atoms with Gasteiger partial charge in [0.05, 0.1) is 50.2 Å². The van der Waals surface area contributed by atoms with E-state index in [9.17, 15) is 23.8 Å². The number of nitrogen functional groups attached to an aromatic ring is 2. The first-order valence-corrected chi connectivity index (χ1v) is 24.4. The van der Waals surface area contributed by atoms with Crippen molar-refractivity contribution in [2.24, 2.45) is 0 Å². The molecule has 67 heavy (non-hydrogen) atoms. The maximum atomic E-state index is 13.6. The standard InChI is InChI=1S/C21H29N6O5P.C13H19NO4P.C8H11N5O.W/c1-14(2)31-21(28)16(4)26-33(29,32-17-8-6-5-7-9-17)13-30-15(3)10-27-12-25-18-19(22)23-11-24-20(18)27;1-10(2)17-13(15)11(3)14-19(4,16)18-12-8-6-5-7-9-12;1-5(14)2-13-4-12-6-7(9)10-3-11-8(6)13;/h5-9,11-12,14-16H,10,13H2,1-4H3,(H,26,29)(H2,22,23,24);5-11H,4H2,1-3H3,(H,14,16);3-5,14H,2H2,1H3,(H2,9,10,11);/q;-1;;/t15-,16?,33?;;5-;/m1.1./s1. The third-order valence-electron chi connectivity index (χ3n) is 8.49. The Morgan fingerprint density at radius 3 is 1.55 bits per heavy atom. The zero-order valence-corrected chi connectivity index (χ0v) is 43.3. The summed E-state index contributed by atoms with van der Waals surface area (Å²) in [7, 11) is -7.01. The van der Waals surface area contributed by atoms with E-state index < -0.39 is 45.2 Å². The van der Waals surface area contributed by atoms with Crippen molar-refractivity contribution in [1.82, 2.24) is 49.2 Å². The Morgan fingerprint density at radius 1 is 0.672 bits per heavy atom. The van der Waals surface area contributed by atoms with E-state index in [1.165, 1.54) is 12.7 Å². The second-order valence-electron chi connectivity index (χ2n) is 15.4. The number of hydrogen-bond acceptors (Lipinski definition) is 18. The maximum Gasteiger partial charge on any atom is 0.342 e. The molecule has 4 heterocycles. The van der Waals surface area contributed by atoms with Crippen LogP contribution in [-0.2, 0) is 67.1 Å². The molecule has 0 aliphatic carbocycles. The number of carbonyl (C=O) groups excluding carboxylic acids is 2. The first-order chi connectivity index (χ1) is 31.1. The smallest absolute Gasteiger partial charge is 0.342 e. The number of anilines is 2. The van der Waals surface area contributed by atoms with Crippen molar-refractivity contribution in [3.8, 4) is 11.5 Å². The molecule has 25 heteroatoms. The van der Waals surface area contributed by atoms with Crippen molar-refractivity contribution in [2.75, 3.05) is 17.8 Å². The van der Waals surface area contributed by atoms with Crippen LogP contribution in [0.2, 0.25) is 0 Å². The number of hydrogen-bond donors (Lipinski definition) is 5. The van der Waals surface area contributed by atoms with Gasteiger partial charge in [0.25, 0.3) is 0 Å². The van der Waals surface area contributed by atoms with Crippen LogP contribution in [0.5, 0.6) is 11.5 Å². The predicted octanol–water partition coefficient (Wildman–Crippen LogP) is 5.74. The first kappa shape index (κ1) is 56.0. The van der Waals surface area contributed by atoms with E-state index in [2.05, 4.69) is 46.7 Å². The molecule has 0 aliphatic rings. The number of aromatic nitrogens is 8. The molecule has 6 rings (SSSR count). The number of rotatable bonds is 19. The van der Waals surface area contributed by atoms with Gasteiger partial charge in [-0.15, -0.1) is 0 Å². The summed E-state index contributed by atoms with van der Waals surface area (Å²) in [4.78, 5) is 48.2. The van der Waals surface area contributed by atoms with Gasteiger partial charge in [-0.3, -0.25) is 18.7 Å². The quantitative estimate of drug-likeness (QED) is 0.0367. The number of aliphatic hydroxyl groups excluding tert-OH is 1. The van der Waals surface area contributed by atoms with Crippen LogP contribution in [0.15, 0.2) is 86.0 Å². The minimum Gasteiger partial charge on any atom is -0.462 e. The van der Waals surface area contributed by atoms with Crippen molar-refractivity contribution in [3.05, 3.63) is 92.6 Å². The average molecular weight is 1140 g/mol. The zero-order valence-electron chi connectivity index (χ0n) is 38.5. The number of imidazole rings is 2. The minimum atomic E-state index is -3.64. The molecule has 0 bridgehead atoms. The number of esters is 2. The molecule has 7 N–H and O–H groups in total. The van der Waals surface area contributed by atoms with Crippen LogP contribution >= 0.6 is 15.0 Å². The van der Waals surface area contributed by atoms with Gasteiger partial charge >= 0.3 is 19.5 Å². The Morgan fingerprint density at radius 2 is 1.10 bits per heavy atom. The Labute approximate surface area is 403 Å². The Bertz CT molecular complexity index is 2570. The molecule has 22 nitrogen and oxygen atoms in total. The topological polar surface area (TPSA) is 298 Å². The molecular weight excluding hydrogens is 1080 g/mol. The monoisotopic (exact) mass is 1140 g/mol. The van der Waals surface area contributed by atoms with E-state index in [0.717, 1.165) is 0 Å². The molecule has 4 aromatic heterocycles. The fourth-order valence-corrected chi connectivity index (χ4v) is 8.69. The van der Waals surface area contributed by atoms with Crippen LogP contribution in [0.25, 0.3) is 22.3 Å². The van der Waals surface area contributed by atoms with Gasteiger partial charge in [-0.25, -0.2) is 46.7 Å². The summed E-state index contributed by atoms with van der Waals surface area (Å²) in [6.45, 7) is 17.9. The van der Waals surface area contributed by atoms with Gasteiger partial charge < -0.3 is 49.0 Å². The normalized spacial score (nSPS) is 14.7. The average Bonchev–Trinajstić information content (AvgIpc) is 3.85. The molecule has 6 atom stereocenters. The van der Waals surface area contributed by atoms with Crippen molar-refractivity contribution < 1.29 is 68.1 Å². The third kappa shape index (κ3) is 18.4. The van der Waals surface area contributed by atoms with E-state index in [0.29, 0.717) is 58.6 Å². The number of nitrogens with zero attached hydrogens (tertiary/aromatic N) is 8. The van der Waals surface area contributed by atoms with Gasteiger partial charge in [-0.2, -0.15) is 0 Å². The fraction of sp³-hybridized carbons (Fsp3) is 0.405. The molecule has 2 aromatic carbocycles. The number of fused-ring (bicyclic) bond motifs is 2. The van der Waals surface area contributed by atoms with Crippen molar-refractivity contribution in [2.45, 2.75) is 105 Å². The van der Waals surface area contributed by atoms with E-state index in [1.54, 1.807) is 119 Å². The number of benzene rings is 2. The van der Waals surface area contributed by atoms with Gasteiger partial charge in [0, 0.05) is 21.1 Å².